The molecule has 0 spiro atoms. The average Bonchev–Trinajstić information content (AvgIpc) is 3.18. The Hall–Kier alpha value is -0.850. The summed E-state index contributed by atoms with van der Waals surface area (Å²) in [6.07, 6.45) is 3.53. The van der Waals surface area contributed by atoms with Crippen molar-refractivity contribution < 1.29 is 4.39 Å². The molecule has 0 radical (unpaired) electrons. The van der Waals surface area contributed by atoms with E-state index in [9.17, 15) is 4.39 Å². The van der Waals surface area contributed by atoms with Gasteiger partial charge in [-0.1, -0.05) is 26.0 Å². The van der Waals surface area contributed by atoms with Crippen LogP contribution in [-0.2, 0) is 5.41 Å². The summed E-state index contributed by atoms with van der Waals surface area (Å²) in [5.74, 6) is 0.835. The van der Waals surface area contributed by atoms with Crippen LogP contribution in [0.15, 0.2) is 29.3 Å². The van der Waals surface area contributed by atoms with E-state index in [0.29, 0.717) is 5.41 Å². The fraction of sp³-hybridized carbons (Fsp3) is 0.611. The first-order valence-electron chi connectivity index (χ1n) is 8.16. The molecule has 5 heteroatoms. The van der Waals surface area contributed by atoms with Gasteiger partial charge in [-0.15, -0.1) is 24.0 Å². The Morgan fingerprint density at radius 2 is 1.87 bits per heavy atom. The summed E-state index contributed by atoms with van der Waals surface area (Å²) in [5, 5.41) is 3.55. The third kappa shape index (κ3) is 4.17. The number of benzene rings is 1. The average molecular weight is 431 g/mol. The Kier molecular flexibility index (Phi) is 5.59. The van der Waals surface area contributed by atoms with Gasteiger partial charge < -0.3 is 10.2 Å². The Balaban J connectivity index is 0.00000192. The molecule has 1 saturated heterocycles. The number of likely N-dealkylation sites (tertiary alicyclic amines) is 1. The van der Waals surface area contributed by atoms with Crippen LogP contribution in [0.1, 0.15) is 38.7 Å². The van der Waals surface area contributed by atoms with Crippen molar-refractivity contribution in [1.29, 1.82) is 0 Å². The van der Waals surface area contributed by atoms with Gasteiger partial charge in [-0.25, -0.2) is 4.39 Å². The monoisotopic (exact) mass is 431 g/mol. The van der Waals surface area contributed by atoms with Crippen molar-refractivity contribution in [3.05, 3.63) is 35.6 Å². The van der Waals surface area contributed by atoms with Crippen LogP contribution < -0.4 is 5.32 Å². The first kappa shape index (κ1) is 18.5. The molecule has 0 aromatic heterocycles. The molecule has 3 nitrogen and oxygen atoms in total. The van der Waals surface area contributed by atoms with Crippen molar-refractivity contribution >= 4 is 29.9 Å². The molecule has 1 heterocycles. The number of hydrogen-bond acceptors (Lipinski definition) is 1. The zero-order chi connectivity index (χ0) is 15.8. The van der Waals surface area contributed by atoms with Crippen LogP contribution in [0.25, 0.3) is 0 Å². The number of guanidine groups is 1. The van der Waals surface area contributed by atoms with Crippen LogP contribution in [0, 0.1) is 11.2 Å². The molecule has 2 fully saturated rings. The van der Waals surface area contributed by atoms with Crippen molar-refractivity contribution in [3.8, 4) is 0 Å². The standard InChI is InChI=1S/C18H26FN3.HI/c1-17(2)10-11-22(13-17)16(20-3)21-12-18(8-9-18)14-4-6-15(19)7-5-14;/h4-7H,8-13H2,1-3H3,(H,20,21);1H. The zero-order valence-electron chi connectivity index (χ0n) is 14.2. The van der Waals surface area contributed by atoms with E-state index in [0.717, 1.165) is 38.4 Å². The van der Waals surface area contributed by atoms with E-state index in [2.05, 4.69) is 29.1 Å². The van der Waals surface area contributed by atoms with E-state index in [-0.39, 0.29) is 35.2 Å². The fourth-order valence-corrected chi connectivity index (χ4v) is 3.40. The molecule has 128 valence electrons. The lowest BCUT2D eigenvalue weighted by molar-refractivity contribution is 0.369. The maximum atomic E-state index is 13.1. The summed E-state index contributed by atoms with van der Waals surface area (Å²) in [7, 11) is 1.85. The van der Waals surface area contributed by atoms with Gasteiger partial charge in [0.25, 0.3) is 0 Å². The second-order valence-corrected chi connectivity index (χ2v) is 7.52. The summed E-state index contributed by atoms with van der Waals surface area (Å²) in [5.41, 5.74) is 1.77. The van der Waals surface area contributed by atoms with Crippen molar-refractivity contribution in [2.24, 2.45) is 10.4 Å². The van der Waals surface area contributed by atoms with Gasteiger partial charge in [0.1, 0.15) is 5.82 Å². The third-order valence-electron chi connectivity index (χ3n) is 5.08. The van der Waals surface area contributed by atoms with Gasteiger partial charge in [-0.05, 0) is 42.4 Å². The molecule has 0 atom stereocenters. The van der Waals surface area contributed by atoms with Crippen LogP contribution in [0.2, 0.25) is 0 Å². The minimum absolute atomic E-state index is 0. The van der Waals surface area contributed by atoms with Gasteiger partial charge in [0.05, 0.1) is 0 Å². The third-order valence-corrected chi connectivity index (χ3v) is 5.08. The number of nitrogens with zero attached hydrogens (tertiary/aromatic N) is 2. The normalized spacial score (nSPS) is 21.7. The number of halogens is 2. The topological polar surface area (TPSA) is 27.6 Å². The number of nitrogens with one attached hydrogen (secondary N) is 1. The summed E-state index contributed by atoms with van der Waals surface area (Å²) in [6, 6.07) is 6.97. The lowest BCUT2D eigenvalue weighted by Crippen LogP contribution is -2.43. The molecule has 1 aromatic rings. The van der Waals surface area contributed by atoms with Gasteiger partial charge in [0.2, 0.25) is 0 Å². The van der Waals surface area contributed by atoms with Crippen LogP contribution in [0.3, 0.4) is 0 Å². The van der Waals surface area contributed by atoms with Crippen molar-refractivity contribution in [2.75, 3.05) is 26.7 Å². The van der Waals surface area contributed by atoms with Gasteiger partial charge in [-0.3, -0.25) is 4.99 Å². The lowest BCUT2D eigenvalue weighted by atomic mass is 9.93. The largest absolute Gasteiger partial charge is 0.355 e. The smallest absolute Gasteiger partial charge is 0.193 e. The van der Waals surface area contributed by atoms with Crippen molar-refractivity contribution in [2.45, 2.75) is 38.5 Å². The second-order valence-electron chi connectivity index (χ2n) is 7.52. The zero-order valence-corrected chi connectivity index (χ0v) is 16.6. The highest BCUT2D eigenvalue weighted by Crippen LogP contribution is 2.47. The molecule has 1 aliphatic carbocycles. The first-order chi connectivity index (χ1) is 10.4. The van der Waals surface area contributed by atoms with E-state index in [1.165, 1.54) is 12.0 Å². The quantitative estimate of drug-likeness (QED) is 0.448. The maximum absolute atomic E-state index is 13.1. The van der Waals surface area contributed by atoms with E-state index in [4.69, 9.17) is 0 Å². The lowest BCUT2D eigenvalue weighted by Gasteiger charge is -2.26. The predicted octanol–water partition coefficient (Wildman–Crippen LogP) is 3.78. The van der Waals surface area contributed by atoms with E-state index in [1.54, 1.807) is 12.1 Å². The molecule has 1 N–H and O–H groups in total. The number of aliphatic imine (C=N–C) groups is 1. The molecular weight excluding hydrogens is 404 g/mol. The Labute approximate surface area is 155 Å². The van der Waals surface area contributed by atoms with E-state index < -0.39 is 0 Å². The molecule has 0 amide bonds. The van der Waals surface area contributed by atoms with Crippen LogP contribution in [0.5, 0.6) is 0 Å². The van der Waals surface area contributed by atoms with Gasteiger partial charge in [0.15, 0.2) is 5.96 Å². The van der Waals surface area contributed by atoms with Gasteiger partial charge in [0, 0.05) is 32.1 Å². The highest BCUT2D eigenvalue weighted by atomic mass is 127. The molecule has 3 rings (SSSR count). The van der Waals surface area contributed by atoms with Gasteiger partial charge in [-0.2, -0.15) is 0 Å². The Bertz CT molecular complexity index is 564. The molecular formula is C18H27FIN3. The highest BCUT2D eigenvalue weighted by Gasteiger charge is 2.44. The summed E-state index contributed by atoms with van der Waals surface area (Å²) < 4.78 is 13.1. The SMILES string of the molecule is CN=C(NCC1(c2ccc(F)cc2)CC1)N1CCC(C)(C)C1.I. The molecule has 1 aliphatic heterocycles. The van der Waals surface area contributed by atoms with Crippen molar-refractivity contribution in [3.63, 3.8) is 0 Å². The van der Waals surface area contributed by atoms with Crippen LogP contribution >= 0.6 is 24.0 Å². The predicted molar refractivity (Wildman–Crippen MR) is 104 cm³/mol. The number of rotatable bonds is 3. The minimum Gasteiger partial charge on any atom is -0.355 e. The molecule has 23 heavy (non-hydrogen) atoms. The Morgan fingerprint density at radius 3 is 2.35 bits per heavy atom. The molecule has 0 unspecified atom stereocenters. The van der Waals surface area contributed by atoms with Crippen molar-refractivity contribution in [1.82, 2.24) is 10.2 Å². The molecule has 0 bridgehead atoms. The second kappa shape index (κ2) is 6.95. The number of hydrogen-bond donors (Lipinski definition) is 1. The fourth-order valence-electron chi connectivity index (χ4n) is 3.40. The molecule has 1 aromatic carbocycles. The first-order valence-corrected chi connectivity index (χ1v) is 8.16. The minimum atomic E-state index is -0.164. The molecule has 1 saturated carbocycles. The summed E-state index contributed by atoms with van der Waals surface area (Å²) >= 11 is 0. The van der Waals surface area contributed by atoms with Crippen LogP contribution in [0.4, 0.5) is 4.39 Å². The van der Waals surface area contributed by atoms with E-state index in [1.807, 2.05) is 19.2 Å². The molecule has 2 aliphatic rings. The van der Waals surface area contributed by atoms with E-state index >= 15 is 0 Å². The Morgan fingerprint density at radius 1 is 1.22 bits per heavy atom. The summed E-state index contributed by atoms with van der Waals surface area (Å²) in [6.45, 7) is 7.61. The maximum Gasteiger partial charge on any atom is 0.193 e. The van der Waals surface area contributed by atoms with Crippen LogP contribution in [-0.4, -0.2) is 37.5 Å². The highest BCUT2D eigenvalue weighted by molar-refractivity contribution is 14.0. The van der Waals surface area contributed by atoms with Gasteiger partial charge >= 0.3 is 0 Å². The summed E-state index contributed by atoms with van der Waals surface area (Å²) in [4.78, 5) is 6.79.